The summed E-state index contributed by atoms with van der Waals surface area (Å²) >= 11 is 0. The highest BCUT2D eigenvalue weighted by atomic mass is 35.5. The van der Waals surface area contributed by atoms with Gasteiger partial charge in [0.1, 0.15) is 12.4 Å². The van der Waals surface area contributed by atoms with Gasteiger partial charge in [0, 0.05) is 0 Å². The van der Waals surface area contributed by atoms with Crippen LogP contribution in [-0.2, 0) is 4.74 Å². The highest BCUT2D eigenvalue weighted by molar-refractivity contribution is 5.85. The first kappa shape index (κ1) is 11.7. The zero-order valence-corrected chi connectivity index (χ0v) is 9.04. The maximum absolute atomic E-state index is 10.8. The summed E-state index contributed by atoms with van der Waals surface area (Å²) in [5, 5.41) is 2.70. The van der Waals surface area contributed by atoms with Crippen LogP contribution in [0.3, 0.4) is 0 Å². The Morgan fingerprint density at radius 1 is 1.53 bits per heavy atom. The topological polar surface area (TPSA) is 47.6 Å². The smallest absolute Gasteiger partial charge is 0.407 e. The van der Waals surface area contributed by atoms with E-state index in [-0.39, 0.29) is 24.5 Å². The van der Waals surface area contributed by atoms with Crippen molar-refractivity contribution in [3.8, 4) is 5.75 Å². The van der Waals surface area contributed by atoms with Crippen LogP contribution in [0.4, 0.5) is 4.79 Å². The molecule has 1 fully saturated rings. The number of ether oxygens (including phenoxy) is 2. The molecule has 0 spiro atoms. The highest BCUT2D eigenvalue weighted by Gasteiger charge is 2.23. The van der Waals surface area contributed by atoms with Gasteiger partial charge in [-0.2, -0.15) is 0 Å². The zero-order valence-electron chi connectivity index (χ0n) is 8.23. The van der Waals surface area contributed by atoms with E-state index in [9.17, 15) is 4.79 Å². The number of hydrogen-bond donors (Lipinski definition) is 1. The second kappa shape index (κ2) is 4.89. The minimum absolute atomic E-state index is 0. The second-order valence-corrected chi connectivity index (χ2v) is 3.07. The molecule has 0 saturated carbocycles. The first-order valence-corrected chi connectivity index (χ1v) is 4.37. The lowest BCUT2D eigenvalue weighted by Gasteiger charge is -2.08. The number of carbonyl (C=O) groups is 1. The largest absolute Gasteiger partial charge is 0.497 e. The van der Waals surface area contributed by atoms with Gasteiger partial charge in [-0.15, -0.1) is 12.4 Å². The van der Waals surface area contributed by atoms with Gasteiger partial charge in [0.05, 0.1) is 13.2 Å². The SMILES string of the molecule is COc1cccc([C@H]2COC(=O)N2)c1.Cl. The van der Waals surface area contributed by atoms with E-state index >= 15 is 0 Å². The van der Waals surface area contributed by atoms with Crippen LogP contribution in [0, 0.1) is 0 Å². The van der Waals surface area contributed by atoms with Gasteiger partial charge in [-0.05, 0) is 17.7 Å². The average Bonchev–Trinajstić information content (AvgIpc) is 2.65. The van der Waals surface area contributed by atoms with Crippen molar-refractivity contribution in [1.82, 2.24) is 5.32 Å². The summed E-state index contributed by atoms with van der Waals surface area (Å²) in [5.74, 6) is 0.781. The number of rotatable bonds is 2. The summed E-state index contributed by atoms with van der Waals surface area (Å²) in [6.45, 7) is 0.381. The van der Waals surface area contributed by atoms with Gasteiger partial charge in [-0.25, -0.2) is 4.79 Å². The molecule has 1 aromatic rings. The monoisotopic (exact) mass is 229 g/mol. The normalized spacial score (nSPS) is 18.7. The third-order valence-corrected chi connectivity index (χ3v) is 2.17. The predicted octanol–water partition coefficient (Wildman–Crippen LogP) is 1.90. The van der Waals surface area contributed by atoms with Crippen molar-refractivity contribution in [2.75, 3.05) is 13.7 Å². The van der Waals surface area contributed by atoms with Gasteiger partial charge in [-0.1, -0.05) is 12.1 Å². The van der Waals surface area contributed by atoms with Crippen LogP contribution < -0.4 is 10.1 Å². The molecule has 1 heterocycles. The van der Waals surface area contributed by atoms with E-state index in [4.69, 9.17) is 9.47 Å². The number of hydrogen-bond acceptors (Lipinski definition) is 3. The van der Waals surface area contributed by atoms with Crippen LogP contribution in [0.5, 0.6) is 5.75 Å². The molecular formula is C10H12ClNO3. The van der Waals surface area contributed by atoms with Crippen LogP contribution in [0.1, 0.15) is 11.6 Å². The summed E-state index contributed by atoms with van der Waals surface area (Å²) in [6.07, 6.45) is -0.363. The molecule has 15 heavy (non-hydrogen) atoms. The maximum Gasteiger partial charge on any atom is 0.407 e. The summed E-state index contributed by atoms with van der Waals surface area (Å²) < 4.78 is 9.89. The first-order chi connectivity index (χ1) is 6.79. The van der Waals surface area contributed by atoms with E-state index in [1.165, 1.54) is 0 Å². The molecule has 0 aliphatic carbocycles. The molecule has 1 aromatic carbocycles. The van der Waals surface area contributed by atoms with Gasteiger partial charge < -0.3 is 14.8 Å². The molecule has 1 aliphatic heterocycles. The zero-order chi connectivity index (χ0) is 9.97. The third kappa shape index (κ3) is 2.53. The van der Waals surface area contributed by atoms with E-state index in [0.29, 0.717) is 6.61 Å². The van der Waals surface area contributed by atoms with Crippen LogP contribution >= 0.6 is 12.4 Å². The molecule has 4 nitrogen and oxygen atoms in total. The molecule has 2 rings (SSSR count). The Hall–Kier alpha value is -1.42. The van der Waals surface area contributed by atoms with E-state index in [1.54, 1.807) is 7.11 Å². The van der Waals surface area contributed by atoms with Crippen LogP contribution in [-0.4, -0.2) is 19.8 Å². The van der Waals surface area contributed by atoms with E-state index in [2.05, 4.69) is 5.32 Å². The summed E-state index contributed by atoms with van der Waals surface area (Å²) in [5.41, 5.74) is 0.996. The molecule has 1 amide bonds. The Kier molecular flexibility index (Phi) is 3.80. The summed E-state index contributed by atoms with van der Waals surface area (Å²) in [4.78, 5) is 10.8. The van der Waals surface area contributed by atoms with Gasteiger partial charge in [0.25, 0.3) is 0 Å². The van der Waals surface area contributed by atoms with Crippen molar-refractivity contribution in [3.05, 3.63) is 29.8 Å². The molecule has 1 N–H and O–H groups in total. The van der Waals surface area contributed by atoms with Crippen molar-refractivity contribution < 1.29 is 14.3 Å². The molecule has 82 valence electrons. The number of cyclic esters (lactones) is 1. The number of carbonyl (C=O) groups excluding carboxylic acids is 1. The first-order valence-electron chi connectivity index (χ1n) is 4.37. The standard InChI is InChI=1S/C10H11NO3.ClH/c1-13-8-4-2-3-7(5-8)9-6-14-10(12)11-9;/h2-5,9H,6H2,1H3,(H,11,12);1H/t9-;/m1./s1. The Labute approximate surface area is 94.0 Å². The van der Waals surface area contributed by atoms with Crippen LogP contribution in [0.15, 0.2) is 24.3 Å². The van der Waals surface area contributed by atoms with Gasteiger partial charge in [0.15, 0.2) is 0 Å². The van der Waals surface area contributed by atoms with Crippen molar-refractivity contribution in [2.24, 2.45) is 0 Å². The molecule has 0 bridgehead atoms. The van der Waals surface area contributed by atoms with Crippen LogP contribution in [0.2, 0.25) is 0 Å². The molecule has 0 radical (unpaired) electrons. The Balaban J connectivity index is 0.00000112. The number of nitrogens with one attached hydrogen (secondary N) is 1. The molecule has 1 saturated heterocycles. The highest BCUT2D eigenvalue weighted by Crippen LogP contribution is 2.21. The number of alkyl carbamates (subject to hydrolysis) is 1. The Morgan fingerprint density at radius 2 is 2.33 bits per heavy atom. The molecule has 1 atom stereocenters. The Morgan fingerprint density at radius 3 is 2.93 bits per heavy atom. The van der Waals surface area contributed by atoms with Crippen molar-refractivity contribution in [3.63, 3.8) is 0 Å². The summed E-state index contributed by atoms with van der Waals surface area (Å²) in [7, 11) is 1.61. The van der Waals surface area contributed by atoms with Gasteiger partial charge in [-0.3, -0.25) is 0 Å². The van der Waals surface area contributed by atoms with E-state index in [0.717, 1.165) is 11.3 Å². The number of methoxy groups -OCH3 is 1. The average molecular weight is 230 g/mol. The number of benzene rings is 1. The lowest BCUT2D eigenvalue weighted by Crippen LogP contribution is -2.18. The lowest BCUT2D eigenvalue weighted by atomic mass is 10.1. The van der Waals surface area contributed by atoms with Crippen molar-refractivity contribution in [1.29, 1.82) is 0 Å². The molecule has 5 heteroatoms. The van der Waals surface area contributed by atoms with Crippen molar-refractivity contribution in [2.45, 2.75) is 6.04 Å². The fourth-order valence-electron chi connectivity index (χ4n) is 1.42. The quantitative estimate of drug-likeness (QED) is 0.843. The van der Waals surface area contributed by atoms with Gasteiger partial charge in [0.2, 0.25) is 0 Å². The summed E-state index contributed by atoms with van der Waals surface area (Å²) in [6, 6.07) is 7.51. The number of halogens is 1. The fourth-order valence-corrected chi connectivity index (χ4v) is 1.42. The van der Waals surface area contributed by atoms with Gasteiger partial charge >= 0.3 is 6.09 Å². The minimum atomic E-state index is -0.363. The van der Waals surface area contributed by atoms with Crippen molar-refractivity contribution >= 4 is 18.5 Å². The fraction of sp³-hybridized carbons (Fsp3) is 0.300. The predicted molar refractivity (Wildman–Crippen MR) is 57.5 cm³/mol. The lowest BCUT2D eigenvalue weighted by molar-refractivity contribution is 0.177. The molecule has 0 aromatic heterocycles. The van der Waals surface area contributed by atoms with E-state index < -0.39 is 0 Å². The minimum Gasteiger partial charge on any atom is -0.497 e. The maximum atomic E-state index is 10.8. The van der Waals surface area contributed by atoms with E-state index in [1.807, 2.05) is 24.3 Å². The molecular weight excluding hydrogens is 218 g/mol. The van der Waals surface area contributed by atoms with Crippen LogP contribution in [0.25, 0.3) is 0 Å². The Bertz CT molecular complexity index is 356. The molecule has 1 aliphatic rings. The number of amides is 1. The third-order valence-electron chi connectivity index (χ3n) is 2.17. The second-order valence-electron chi connectivity index (χ2n) is 3.07. The molecule has 0 unspecified atom stereocenters.